The van der Waals surface area contributed by atoms with Crippen molar-refractivity contribution < 1.29 is 23.1 Å². The molecule has 1 atom stereocenters. The number of sulfonamides is 1. The maximum atomic E-state index is 12.7. The molecule has 1 heterocycles. The van der Waals surface area contributed by atoms with Crippen molar-refractivity contribution in [3.05, 3.63) is 29.8 Å². The van der Waals surface area contributed by atoms with Crippen molar-refractivity contribution >= 4 is 21.9 Å². The zero-order valence-corrected chi connectivity index (χ0v) is 16.1. The van der Waals surface area contributed by atoms with Gasteiger partial charge < -0.3 is 15.2 Å². The molecule has 1 aliphatic rings. The lowest BCUT2D eigenvalue weighted by Gasteiger charge is -2.32. The molecular formula is C18H25N2O5S-. The lowest BCUT2D eigenvalue weighted by molar-refractivity contribution is -0.309. The predicted molar refractivity (Wildman–Crippen MR) is 94.4 cm³/mol. The summed E-state index contributed by atoms with van der Waals surface area (Å²) in [6.07, 6.45) is 0.712. The topological polar surface area (TPSA) is 107 Å². The van der Waals surface area contributed by atoms with Gasteiger partial charge in [-0.3, -0.25) is 4.79 Å². The smallest absolute Gasteiger partial charge is 0.243 e. The van der Waals surface area contributed by atoms with Crippen LogP contribution in [0.1, 0.15) is 32.3 Å². The molecule has 26 heavy (non-hydrogen) atoms. The normalized spacial score (nSPS) is 17.8. The van der Waals surface area contributed by atoms with Gasteiger partial charge in [0, 0.05) is 19.0 Å². The first-order valence-electron chi connectivity index (χ1n) is 8.71. The Bertz CT molecular complexity index is 750. The minimum absolute atomic E-state index is 0.228. The fraction of sp³-hybridized carbons (Fsp3) is 0.556. The summed E-state index contributed by atoms with van der Waals surface area (Å²) in [5.74, 6) is -2.36. The van der Waals surface area contributed by atoms with Crippen LogP contribution in [0.15, 0.2) is 29.2 Å². The molecule has 0 aromatic heterocycles. The highest BCUT2D eigenvalue weighted by Gasteiger charge is 2.33. The van der Waals surface area contributed by atoms with Gasteiger partial charge in [0.1, 0.15) is 0 Å². The number of amides is 1. The first-order chi connectivity index (χ1) is 12.1. The second-order valence-electron chi connectivity index (χ2n) is 7.04. The molecule has 0 bridgehead atoms. The van der Waals surface area contributed by atoms with Gasteiger partial charge in [0.15, 0.2) is 0 Å². The molecule has 8 heteroatoms. The summed E-state index contributed by atoms with van der Waals surface area (Å²) in [6, 6.07) is 5.61. The number of benzene rings is 1. The van der Waals surface area contributed by atoms with Gasteiger partial charge in [0.25, 0.3) is 0 Å². The number of nitrogens with zero attached hydrogens (tertiary/aromatic N) is 1. The Morgan fingerprint density at radius 2 is 1.69 bits per heavy atom. The lowest BCUT2D eigenvalue weighted by atomic mass is 9.95. The largest absolute Gasteiger partial charge is 0.548 e. The average Bonchev–Trinajstić information content (AvgIpc) is 2.59. The second kappa shape index (κ2) is 8.18. The Balaban J connectivity index is 1.99. The minimum Gasteiger partial charge on any atom is -0.548 e. The third kappa shape index (κ3) is 4.62. The monoisotopic (exact) mass is 381 g/mol. The molecule has 0 radical (unpaired) electrons. The highest BCUT2D eigenvalue weighted by atomic mass is 32.2. The Kier molecular flexibility index (Phi) is 6.41. The van der Waals surface area contributed by atoms with Crippen LogP contribution in [0.4, 0.5) is 0 Å². The Morgan fingerprint density at radius 3 is 2.15 bits per heavy atom. The van der Waals surface area contributed by atoms with E-state index in [1.54, 1.807) is 38.1 Å². The molecule has 0 unspecified atom stereocenters. The van der Waals surface area contributed by atoms with Crippen LogP contribution in [-0.2, 0) is 19.6 Å². The number of carboxylic acid groups (broad SMARTS) is 1. The van der Waals surface area contributed by atoms with Gasteiger partial charge in [-0.25, -0.2) is 8.42 Å². The zero-order chi connectivity index (χ0) is 19.5. The molecule has 1 aromatic rings. The Labute approximate surface area is 154 Å². The molecule has 1 amide bonds. The molecule has 0 saturated carbocycles. The molecule has 1 aromatic carbocycles. The number of piperidine rings is 1. The summed E-state index contributed by atoms with van der Waals surface area (Å²) in [7, 11) is -3.58. The van der Waals surface area contributed by atoms with E-state index in [9.17, 15) is 23.1 Å². The van der Waals surface area contributed by atoms with E-state index in [0.717, 1.165) is 5.56 Å². The predicted octanol–water partition coefficient (Wildman–Crippen LogP) is 0.286. The van der Waals surface area contributed by atoms with Crippen LogP contribution in [0.25, 0.3) is 0 Å². The Hall–Kier alpha value is -1.93. The van der Waals surface area contributed by atoms with E-state index in [0.29, 0.717) is 12.8 Å². The third-order valence-electron chi connectivity index (χ3n) is 4.70. The Morgan fingerprint density at radius 1 is 1.15 bits per heavy atom. The fourth-order valence-electron chi connectivity index (χ4n) is 2.99. The summed E-state index contributed by atoms with van der Waals surface area (Å²) in [5.41, 5.74) is 0.979. The quantitative estimate of drug-likeness (QED) is 0.762. The van der Waals surface area contributed by atoms with Crippen LogP contribution < -0.4 is 10.4 Å². The maximum absolute atomic E-state index is 12.7. The van der Waals surface area contributed by atoms with E-state index < -0.39 is 28.0 Å². The van der Waals surface area contributed by atoms with Crippen LogP contribution in [0, 0.1) is 18.8 Å². The highest BCUT2D eigenvalue weighted by Crippen LogP contribution is 2.24. The van der Waals surface area contributed by atoms with Crippen LogP contribution in [-0.4, -0.2) is 43.7 Å². The molecule has 1 N–H and O–H groups in total. The van der Waals surface area contributed by atoms with Crippen LogP contribution in [0.5, 0.6) is 0 Å². The van der Waals surface area contributed by atoms with E-state index in [-0.39, 0.29) is 29.8 Å². The molecule has 2 rings (SSSR count). The number of carbonyl (C=O) groups is 2. The number of nitrogens with one attached hydrogen (secondary N) is 1. The van der Waals surface area contributed by atoms with Crippen LogP contribution in [0.3, 0.4) is 0 Å². The molecule has 0 aliphatic carbocycles. The summed E-state index contributed by atoms with van der Waals surface area (Å²) >= 11 is 0. The van der Waals surface area contributed by atoms with Crippen LogP contribution >= 0.6 is 0 Å². The van der Waals surface area contributed by atoms with Crippen molar-refractivity contribution in [3.63, 3.8) is 0 Å². The molecule has 7 nitrogen and oxygen atoms in total. The van der Waals surface area contributed by atoms with Gasteiger partial charge in [-0.05, 0) is 37.8 Å². The molecule has 1 aliphatic heterocycles. The van der Waals surface area contributed by atoms with Crippen molar-refractivity contribution in [1.29, 1.82) is 0 Å². The number of rotatable bonds is 6. The van der Waals surface area contributed by atoms with Crippen molar-refractivity contribution in [2.45, 2.75) is 44.6 Å². The van der Waals surface area contributed by atoms with Gasteiger partial charge in [0.2, 0.25) is 15.9 Å². The second-order valence-corrected chi connectivity index (χ2v) is 8.98. The highest BCUT2D eigenvalue weighted by molar-refractivity contribution is 7.89. The third-order valence-corrected chi connectivity index (χ3v) is 6.61. The summed E-state index contributed by atoms with van der Waals surface area (Å²) < 4.78 is 26.7. The molecule has 1 saturated heterocycles. The number of aryl methyl sites for hydroxylation is 1. The van der Waals surface area contributed by atoms with E-state index in [1.165, 1.54) is 4.31 Å². The zero-order valence-electron chi connectivity index (χ0n) is 15.3. The number of carbonyl (C=O) groups excluding carboxylic acids is 2. The minimum atomic E-state index is -3.58. The number of aliphatic carboxylic acids is 1. The van der Waals surface area contributed by atoms with Crippen molar-refractivity contribution in [2.75, 3.05) is 13.1 Å². The van der Waals surface area contributed by atoms with Gasteiger partial charge in [-0.1, -0.05) is 31.5 Å². The van der Waals surface area contributed by atoms with Gasteiger partial charge in [-0.2, -0.15) is 4.31 Å². The first-order valence-corrected chi connectivity index (χ1v) is 10.1. The van der Waals surface area contributed by atoms with Crippen molar-refractivity contribution in [3.8, 4) is 0 Å². The fourth-order valence-corrected chi connectivity index (χ4v) is 4.46. The van der Waals surface area contributed by atoms with Gasteiger partial charge in [0.05, 0.1) is 16.9 Å². The summed E-state index contributed by atoms with van der Waals surface area (Å²) in [5, 5.41) is 13.6. The summed E-state index contributed by atoms with van der Waals surface area (Å²) in [4.78, 5) is 23.7. The SMILES string of the molecule is Cc1ccc(S(=O)(=O)N2CCC(C(=O)N[C@@H](C(=O)[O-])C(C)C)CC2)cc1. The van der Waals surface area contributed by atoms with Crippen molar-refractivity contribution in [2.24, 2.45) is 11.8 Å². The maximum Gasteiger partial charge on any atom is 0.243 e. The standard InChI is InChI=1S/C18H26N2O5S/c1-12(2)16(18(22)23)19-17(21)14-8-10-20(11-9-14)26(24,25)15-6-4-13(3)5-7-15/h4-7,12,14,16H,8-11H2,1-3H3,(H,19,21)(H,22,23)/p-1/t16-/m1/s1. The van der Waals surface area contributed by atoms with Crippen molar-refractivity contribution in [1.82, 2.24) is 9.62 Å². The van der Waals surface area contributed by atoms with E-state index in [1.807, 2.05) is 6.92 Å². The molecule has 0 spiro atoms. The average molecular weight is 381 g/mol. The van der Waals surface area contributed by atoms with E-state index >= 15 is 0 Å². The molecule has 1 fully saturated rings. The van der Waals surface area contributed by atoms with Crippen LogP contribution in [0.2, 0.25) is 0 Å². The van der Waals surface area contributed by atoms with Gasteiger partial charge in [-0.15, -0.1) is 0 Å². The number of carboxylic acids is 1. The first kappa shape index (κ1) is 20.4. The molecular weight excluding hydrogens is 356 g/mol. The van der Waals surface area contributed by atoms with Gasteiger partial charge >= 0.3 is 0 Å². The summed E-state index contributed by atoms with van der Waals surface area (Å²) in [6.45, 7) is 5.73. The lowest BCUT2D eigenvalue weighted by Crippen LogP contribution is -2.53. The van der Waals surface area contributed by atoms with E-state index in [4.69, 9.17) is 0 Å². The molecule has 144 valence electrons. The van der Waals surface area contributed by atoms with E-state index in [2.05, 4.69) is 5.32 Å². The number of hydrogen-bond donors (Lipinski definition) is 1. The number of hydrogen-bond acceptors (Lipinski definition) is 5.